The molecule has 0 radical (unpaired) electrons. The fourth-order valence-electron chi connectivity index (χ4n) is 1.64. The van der Waals surface area contributed by atoms with Crippen LogP contribution in [0.5, 0.6) is 0 Å². The minimum atomic E-state index is -3.56. The van der Waals surface area contributed by atoms with Crippen LogP contribution in [-0.4, -0.2) is 27.9 Å². The summed E-state index contributed by atoms with van der Waals surface area (Å²) in [5, 5.41) is 2.44. The molecule has 20 heavy (non-hydrogen) atoms. The molecule has 0 aromatic heterocycles. The molecule has 0 unspecified atom stereocenters. The number of nitrogens with one attached hydrogen (secondary N) is 2. The lowest BCUT2D eigenvalue weighted by molar-refractivity contribution is -0.120. The van der Waals surface area contributed by atoms with Crippen LogP contribution in [-0.2, 0) is 20.2 Å². The van der Waals surface area contributed by atoms with Gasteiger partial charge in [-0.2, -0.15) is 0 Å². The van der Waals surface area contributed by atoms with Crippen molar-refractivity contribution in [2.45, 2.75) is 37.5 Å². The molecule has 1 amide bonds. The molecule has 0 spiro atoms. The van der Waals surface area contributed by atoms with Crippen LogP contribution in [0.25, 0.3) is 0 Å². The van der Waals surface area contributed by atoms with Crippen molar-refractivity contribution in [3.63, 3.8) is 0 Å². The first-order valence-electron chi connectivity index (χ1n) is 6.47. The van der Waals surface area contributed by atoms with Crippen LogP contribution in [0.3, 0.4) is 0 Å². The van der Waals surface area contributed by atoms with E-state index in [2.05, 4.69) is 30.8 Å². The van der Waals surface area contributed by atoms with E-state index >= 15 is 0 Å². The van der Waals surface area contributed by atoms with E-state index in [9.17, 15) is 13.2 Å². The van der Waals surface area contributed by atoms with Crippen LogP contribution in [0.1, 0.15) is 32.8 Å². The van der Waals surface area contributed by atoms with E-state index in [4.69, 9.17) is 0 Å². The zero-order chi connectivity index (χ0) is 15.4. The highest BCUT2D eigenvalue weighted by Gasteiger charge is 2.17. The number of benzene rings is 1. The summed E-state index contributed by atoms with van der Waals surface area (Å²) in [6.07, 6.45) is 0.121. The summed E-state index contributed by atoms with van der Waals surface area (Å²) in [5.41, 5.74) is 1.05. The number of sulfonamides is 1. The lowest BCUT2D eigenvalue weighted by Crippen LogP contribution is -2.29. The van der Waals surface area contributed by atoms with Crippen LogP contribution in [0.15, 0.2) is 29.2 Å². The molecule has 0 aliphatic carbocycles. The summed E-state index contributed by atoms with van der Waals surface area (Å²) in [4.78, 5) is 11.3. The average molecular weight is 298 g/mol. The minimum Gasteiger partial charge on any atom is -0.359 e. The summed E-state index contributed by atoms with van der Waals surface area (Å²) in [6, 6.07) is 6.80. The zero-order valence-electron chi connectivity index (χ0n) is 12.4. The molecule has 0 saturated heterocycles. The highest BCUT2D eigenvalue weighted by atomic mass is 32.2. The second-order valence-electron chi connectivity index (χ2n) is 5.60. The van der Waals surface area contributed by atoms with Gasteiger partial charge in [0, 0.05) is 20.0 Å². The van der Waals surface area contributed by atoms with Crippen molar-refractivity contribution in [3.05, 3.63) is 29.8 Å². The Morgan fingerprint density at radius 3 is 2.15 bits per heavy atom. The Morgan fingerprint density at radius 2 is 1.70 bits per heavy atom. The molecule has 2 N–H and O–H groups in total. The van der Waals surface area contributed by atoms with Crippen molar-refractivity contribution in [3.8, 4) is 0 Å². The normalized spacial score (nSPS) is 12.2. The highest BCUT2D eigenvalue weighted by Crippen LogP contribution is 2.23. The molecule has 0 fully saturated rings. The molecular weight excluding hydrogens is 276 g/mol. The van der Waals surface area contributed by atoms with Crippen molar-refractivity contribution < 1.29 is 13.2 Å². The molecule has 5 nitrogen and oxygen atoms in total. The monoisotopic (exact) mass is 298 g/mol. The maximum Gasteiger partial charge on any atom is 0.240 e. The molecule has 0 aliphatic rings. The van der Waals surface area contributed by atoms with Gasteiger partial charge in [0.25, 0.3) is 0 Å². The van der Waals surface area contributed by atoms with Crippen molar-refractivity contribution in [2.75, 3.05) is 13.6 Å². The van der Waals surface area contributed by atoms with Crippen molar-refractivity contribution in [1.29, 1.82) is 0 Å². The van der Waals surface area contributed by atoms with Gasteiger partial charge in [-0.3, -0.25) is 4.79 Å². The molecular formula is C14H22N2O3S. The standard InChI is InChI=1S/C14H22N2O3S/c1-14(2,3)11-5-7-12(8-6-11)20(18,19)16-10-9-13(17)15-4/h5-8,16H,9-10H2,1-4H3,(H,15,17). The Balaban J connectivity index is 2.76. The molecule has 0 aliphatic heterocycles. The maximum absolute atomic E-state index is 12.0. The molecule has 6 heteroatoms. The lowest BCUT2D eigenvalue weighted by atomic mass is 9.87. The van der Waals surface area contributed by atoms with Crippen molar-refractivity contribution in [1.82, 2.24) is 10.0 Å². The van der Waals surface area contributed by atoms with Crippen molar-refractivity contribution >= 4 is 15.9 Å². The second-order valence-corrected chi connectivity index (χ2v) is 7.36. The third-order valence-electron chi connectivity index (χ3n) is 2.95. The van der Waals surface area contributed by atoms with Crippen LogP contribution in [0, 0.1) is 0 Å². The molecule has 0 saturated carbocycles. The molecule has 112 valence electrons. The molecule has 1 aromatic carbocycles. The summed E-state index contributed by atoms with van der Waals surface area (Å²) in [7, 11) is -2.04. The van der Waals surface area contributed by atoms with E-state index in [1.807, 2.05) is 12.1 Å². The molecule has 0 heterocycles. The lowest BCUT2D eigenvalue weighted by Gasteiger charge is -2.19. The van der Waals surface area contributed by atoms with E-state index in [0.717, 1.165) is 5.56 Å². The van der Waals surface area contributed by atoms with Crippen LogP contribution in [0.2, 0.25) is 0 Å². The Morgan fingerprint density at radius 1 is 1.15 bits per heavy atom. The average Bonchev–Trinajstić information content (AvgIpc) is 2.37. The molecule has 1 rings (SSSR count). The topological polar surface area (TPSA) is 75.3 Å². The molecule has 0 bridgehead atoms. The van der Waals surface area contributed by atoms with Gasteiger partial charge in [-0.05, 0) is 23.1 Å². The van der Waals surface area contributed by atoms with Crippen LogP contribution >= 0.6 is 0 Å². The number of hydrogen-bond acceptors (Lipinski definition) is 3. The van der Waals surface area contributed by atoms with Gasteiger partial charge in [0.2, 0.25) is 15.9 Å². The second kappa shape index (κ2) is 6.37. The van der Waals surface area contributed by atoms with Crippen LogP contribution < -0.4 is 10.0 Å². The summed E-state index contributed by atoms with van der Waals surface area (Å²) in [6.45, 7) is 6.29. The maximum atomic E-state index is 12.0. The van der Waals surface area contributed by atoms with E-state index in [1.165, 1.54) is 7.05 Å². The number of carbonyl (C=O) groups excluding carboxylic acids is 1. The Labute approximate surface area is 120 Å². The smallest absolute Gasteiger partial charge is 0.240 e. The summed E-state index contributed by atoms with van der Waals surface area (Å²) < 4.78 is 26.5. The number of hydrogen-bond donors (Lipinski definition) is 2. The number of rotatable bonds is 5. The van der Waals surface area contributed by atoms with Gasteiger partial charge in [-0.15, -0.1) is 0 Å². The van der Waals surface area contributed by atoms with Gasteiger partial charge >= 0.3 is 0 Å². The Hall–Kier alpha value is -1.40. The van der Waals surface area contributed by atoms with E-state index in [0.29, 0.717) is 0 Å². The van der Waals surface area contributed by atoms with Crippen LogP contribution in [0.4, 0.5) is 0 Å². The van der Waals surface area contributed by atoms with Gasteiger partial charge in [0.05, 0.1) is 4.90 Å². The fraction of sp³-hybridized carbons (Fsp3) is 0.500. The first kappa shape index (κ1) is 16.7. The third kappa shape index (κ3) is 4.61. The summed E-state index contributed by atoms with van der Waals surface area (Å²) in [5.74, 6) is -0.198. The number of carbonyl (C=O) groups is 1. The predicted octanol–water partition coefficient (Wildman–Crippen LogP) is 1.40. The van der Waals surface area contributed by atoms with Crippen molar-refractivity contribution in [2.24, 2.45) is 0 Å². The fourth-order valence-corrected chi connectivity index (χ4v) is 2.67. The first-order chi connectivity index (χ1) is 9.16. The third-order valence-corrected chi connectivity index (χ3v) is 4.43. The molecule has 0 atom stereocenters. The van der Waals surface area contributed by atoms with Gasteiger partial charge in [-0.25, -0.2) is 13.1 Å². The highest BCUT2D eigenvalue weighted by molar-refractivity contribution is 7.89. The Bertz CT molecular complexity index is 557. The van der Waals surface area contributed by atoms with Gasteiger partial charge in [0.1, 0.15) is 0 Å². The van der Waals surface area contributed by atoms with E-state index in [-0.39, 0.29) is 29.2 Å². The minimum absolute atomic E-state index is 0.0189. The van der Waals surface area contributed by atoms with Gasteiger partial charge < -0.3 is 5.32 Å². The van der Waals surface area contributed by atoms with Gasteiger partial charge in [0.15, 0.2) is 0 Å². The SMILES string of the molecule is CNC(=O)CCNS(=O)(=O)c1ccc(C(C)(C)C)cc1. The van der Waals surface area contributed by atoms with E-state index in [1.54, 1.807) is 12.1 Å². The first-order valence-corrected chi connectivity index (χ1v) is 7.96. The Kier molecular flexibility index (Phi) is 5.30. The quantitative estimate of drug-likeness (QED) is 0.863. The molecule has 1 aromatic rings. The summed E-state index contributed by atoms with van der Waals surface area (Å²) >= 11 is 0. The van der Waals surface area contributed by atoms with Gasteiger partial charge in [-0.1, -0.05) is 32.9 Å². The number of amides is 1. The van der Waals surface area contributed by atoms with E-state index < -0.39 is 10.0 Å². The largest absolute Gasteiger partial charge is 0.359 e. The zero-order valence-corrected chi connectivity index (χ0v) is 13.2. The predicted molar refractivity (Wildman–Crippen MR) is 79.0 cm³/mol.